The molecule has 1 heterocycles. The summed E-state index contributed by atoms with van der Waals surface area (Å²) in [5.74, 6) is 1.51. The van der Waals surface area contributed by atoms with E-state index in [0.29, 0.717) is 41.4 Å². The average Bonchev–Trinajstić information content (AvgIpc) is 2.34. The molecule has 0 aromatic heterocycles. The van der Waals surface area contributed by atoms with Crippen LogP contribution in [0.5, 0.6) is 0 Å². The molecule has 4 heteroatoms. The van der Waals surface area contributed by atoms with Crippen LogP contribution in [0.2, 0.25) is 0 Å². The van der Waals surface area contributed by atoms with Crippen molar-refractivity contribution in [2.24, 2.45) is 17.3 Å². The quantitative estimate of drug-likeness (QED) is 0.800. The first kappa shape index (κ1) is 16.0. The van der Waals surface area contributed by atoms with Crippen LogP contribution >= 0.6 is 0 Å². The number of carbonyl (C=O) groups is 2. The predicted molar refractivity (Wildman–Crippen MR) is 86.5 cm³/mol. The first-order valence-corrected chi connectivity index (χ1v) is 8.91. The second kappa shape index (κ2) is 5.95. The van der Waals surface area contributed by atoms with Gasteiger partial charge in [0.2, 0.25) is 5.91 Å². The van der Waals surface area contributed by atoms with E-state index >= 15 is 0 Å². The minimum atomic E-state index is 0.322. The minimum absolute atomic E-state index is 0.322. The van der Waals surface area contributed by atoms with Gasteiger partial charge in [-0.2, -0.15) is 0 Å². The van der Waals surface area contributed by atoms with E-state index in [9.17, 15) is 9.59 Å². The fourth-order valence-corrected chi connectivity index (χ4v) is 4.62. The maximum Gasteiger partial charge on any atom is 0.222 e. The zero-order chi connectivity index (χ0) is 15.9. The van der Waals surface area contributed by atoms with Gasteiger partial charge in [0.05, 0.1) is 0 Å². The molecule has 0 aromatic carbocycles. The molecular weight excluding hydrogens is 276 g/mol. The molecule has 1 spiro atoms. The van der Waals surface area contributed by atoms with Crippen LogP contribution in [0.15, 0.2) is 0 Å². The molecule has 22 heavy (non-hydrogen) atoms. The fourth-order valence-electron chi connectivity index (χ4n) is 4.62. The van der Waals surface area contributed by atoms with Crippen LogP contribution in [0.25, 0.3) is 0 Å². The number of nitrogens with zero attached hydrogens (tertiary/aromatic N) is 2. The second-order valence-electron chi connectivity index (χ2n) is 8.29. The second-order valence-corrected chi connectivity index (χ2v) is 8.29. The van der Waals surface area contributed by atoms with E-state index in [2.05, 4.69) is 18.7 Å². The molecule has 124 valence electrons. The van der Waals surface area contributed by atoms with Crippen molar-refractivity contribution in [3.8, 4) is 0 Å². The maximum atomic E-state index is 12.1. The number of carbonyl (C=O) groups excluding carboxylic acids is 2. The number of ketones is 1. The lowest BCUT2D eigenvalue weighted by Gasteiger charge is -2.60. The Bertz CT molecular complexity index is 438. The van der Waals surface area contributed by atoms with Gasteiger partial charge in [-0.15, -0.1) is 0 Å². The maximum absolute atomic E-state index is 12.1. The van der Waals surface area contributed by atoms with Gasteiger partial charge in [-0.1, -0.05) is 13.8 Å². The van der Waals surface area contributed by atoms with Crippen LogP contribution in [0.4, 0.5) is 0 Å². The smallest absolute Gasteiger partial charge is 0.222 e. The van der Waals surface area contributed by atoms with Gasteiger partial charge in [0.1, 0.15) is 5.78 Å². The molecule has 1 saturated heterocycles. The normalized spacial score (nSPS) is 35.4. The van der Waals surface area contributed by atoms with Gasteiger partial charge in [-0.25, -0.2) is 0 Å². The van der Waals surface area contributed by atoms with E-state index in [1.807, 2.05) is 4.90 Å². The highest BCUT2D eigenvalue weighted by Gasteiger charge is 2.55. The van der Waals surface area contributed by atoms with E-state index in [4.69, 9.17) is 0 Å². The van der Waals surface area contributed by atoms with E-state index in [0.717, 1.165) is 39.0 Å². The van der Waals surface area contributed by atoms with Gasteiger partial charge in [-0.3, -0.25) is 14.5 Å². The summed E-state index contributed by atoms with van der Waals surface area (Å²) in [7, 11) is 0. The summed E-state index contributed by atoms with van der Waals surface area (Å²) in [6, 6.07) is 0.704. The van der Waals surface area contributed by atoms with E-state index in [1.54, 1.807) is 6.92 Å². The SMILES string of the molecule is CC(=O)C1CC2(C1)CC(N1CCN(C(=O)CC(C)C)CC1)C2. The summed E-state index contributed by atoms with van der Waals surface area (Å²) in [6.45, 7) is 9.79. The lowest BCUT2D eigenvalue weighted by atomic mass is 9.49. The zero-order valence-corrected chi connectivity index (χ0v) is 14.3. The van der Waals surface area contributed by atoms with Crippen LogP contribution < -0.4 is 0 Å². The Morgan fingerprint density at radius 1 is 1.05 bits per heavy atom. The van der Waals surface area contributed by atoms with Crippen molar-refractivity contribution in [3.63, 3.8) is 0 Å². The third-order valence-corrected chi connectivity index (χ3v) is 6.04. The molecule has 2 aliphatic carbocycles. The molecule has 1 amide bonds. The van der Waals surface area contributed by atoms with E-state index < -0.39 is 0 Å². The number of hydrogen-bond acceptors (Lipinski definition) is 3. The molecule has 3 rings (SSSR count). The number of Topliss-reactive ketones (excluding diaryl/α,β-unsaturated/α-hetero) is 1. The summed E-state index contributed by atoms with van der Waals surface area (Å²) in [5.41, 5.74) is 0.506. The number of hydrogen-bond donors (Lipinski definition) is 0. The van der Waals surface area contributed by atoms with Crippen molar-refractivity contribution >= 4 is 11.7 Å². The number of rotatable bonds is 4. The Kier molecular flexibility index (Phi) is 4.32. The molecule has 2 saturated carbocycles. The molecule has 3 fully saturated rings. The highest BCUT2D eigenvalue weighted by Crippen LogP contribution is 2.60. The van der Waals surface area contributed by atoms with E-state index in [1.165, 1.54) is 12.8 Å². The lowest BCUT2D eigenvalue weighted by molar-refractivity contribution is -0.142. The van der Waals surface area contributed by atoms with Gasteiger partial charge >= 0.3 is 0 Å². The zero-order valence-electron chi connectivity index (χ0n) is 14.3. The van der Waals surface area contributed by atoms with Gasteiger partial charge in [0, 0.05) is 44.6 Å². The molecule has 0 bridgehead atoms. The van der Waals surface area contributed by atoms with Crippen LogP contribution in [0, 0.1) is 17.3 Å². The first-order valence-electron chi connectivity index (χ1n) is 8.91. The lowest BCUT2D eigenvalue weighted by Crippen LogP contribution is -2.61. The Balaban J connectivity index is 1.39. The van der Waals surface area contributed by atoms with Crippen molar-refractivity contribution in [1.29, 1.82) is 0 Å². The summed E-state index contributed by atoms with van der Waals surface area (Å²) < 4.78 is 0. The molecular formula is C18H30N2O2. The van der Waals surface area contributed by atoms with Gasteiger partial charge in [0.15, 0.2) is 0 Å². The van der Waals surface area contributed by atoms with Crippen molar-refractivity contribution in [1.82, 2.24) is 9.80 Å². The van der Waals surface area contributed by atoms with Gasteiger partial charge in [-0.05, 0) is 43.9 Å². The number of amides is 1. The van der Waals surface area contributed by atoms with Gasteiger partial charge < -0.3 is 4.90 Å². The predicted octanol–water partition coefficient (Wildman–Crippen LogP) is 2.32. The molecule has 0 N–H and O–H groups in total. The third kappa shape index (κ3) is 3.08. The molecule has 0 aromatic rings. The van der Waals surface area contributed by atoms with Crippen molar-refractivity contribution in [3.05, 3.63) is 0 Å². The van der Waals surface area contributed by atoms with Crippen molar-refractivity contribution in [2.45, 2.75) is 58.9 Å². The first-order chi connectivity index (χ1) is 10.4. The Morgan fingerprint density at radius 3 is 2.14 bits per heavy atom. The Morgan fingerprint density at radius 2 is 1.64 bits per heavy atom. The average molecular weight is 306 g/mol. The molecule has 0 radical (unpaired) electrons. The molecule has 1 aliphatic heterocycles. The fraction of sp³-hybridized carbons (Fsp3) is 0.889. The highest BCUT2D eigenvalue weighted by molar-refractivity contribution is 5.79. The Labute approximate surface area is 134 Å². The van der Waals surface area contributed by atoms with Crippen LogP contribution in [0.1, 0.15) is 52.9 Å². The molecule has 3 aliphatic rings. The summed E-state index contributed by atoms with van der Waals surface area (Å²) in [6.07, 6.45) is 5.49. The summed E-state index contributed by atoms with van der Waals surface area (Å²) >= 11 is 0. The van der Waals surface area contributed by atoms with Crippen LogP contribution in [0.3, 0.4) is 0 Å². The van der Waals surface area contributed by atoms with Crippen molar-refractivity contribution in [2.75, 3.05) is 26.2 Å². The molecule has 0 unspecified atom stereocenters. The molecule has 0 atom stereocenters. The minimum Gasteiger partial charge on any atom is -0.340 e. The number of piperazine rings is 1. The standard InChI is InChI=1S/C18H30N2O2/c1-13(2)8-17(22)20-6-4-19(5-7-20)16-11-18(12-16)9-15(10-18)14(3)21/h13,15-16H,4-12H2,1-3H3. The van der Waals surface area contributed by atoms with Crippen LogP contribution in [-0.2, 0) is 9.59 Å². The van der Waals surface area contributed by atoms with Crippen molar-refractivity contribution < 1.29 is 9.59 Å². The highest BCUT2D eigenvalue weighted by atomic mass is 16.2. The summed E-state index contributed by atoms with van der Waals surface area (Å²) in [4.78, 5) is 28.1. The van der Waals surface area contributed by atoms with E-state index in [-0.39, 0.29) is 0 Å². The third-order valence-electron chi connectivity index (χ3n) is 6.04. The summed E-state index contributed by atoms with van der Waals surface area (Å²) in [5, 5.41) is 0. The topological polar surface area (TPSA) is 40.6 Å². The van der Waals surface area contributed by atoms with Gasteiger partial charge in [0.25, 0.3) is 0 Å². The largest absolute Gasteiger partial charge is 0.340 e. The van der Waals surface area contributed by atoms with Crippen LogP contribution in [-0.4, -0.2) is 53.7 Å². The monoisotopic (exact) mass is 306 g/mol. The Hall–Kier alpha value is -0.900. The molecule has 4 nitrogen and oxygen atoms in total.